The van der Waals surface area contributed by atoms with Crippen LogP contribution in [0.1, 0.15) is 81.7 Å². The maximum absolute atomic E-state index is 6.45. The predicted octanol–water partition coefficient (Wildman–Crippen LogP) is 6.45. The van der Waals surface area contributed by atoms with Gasteiger partial charge in [0, 0.05) is 0 Å². The molecule has 1 aromatic carbocycles. The fourth-order valence-electron chi connectivity index (χ4n) is 2.18. The molecule has 0 fully saturated rings. The van der Waals surface area contributed by atoms with Crippen LogP contribution in [-0.4, -0.2) is 0 Å². The zero-order valence-electron chi connectivity index (χ0n) is 12.1. The summed E-state index contributed by atoms with van der Waals surface area (Å²) in [6, 6.07) is 8.82. The summed E-state index contributed by atoms with van der Waals surface area (Å²) < 4.78 is 0. The third kappa shape index (κ3) is 5.44. The Hall–Kier alpha value is -0.490. The number of hydrogen-bond acceptors (Lipinski definition) is 0. The maximum atomic E-state index is 6.45. The van der Waals surface area contributed by atoms with Crippen molar-refractivity contribution >= 4 is 11.6 Å². The topological polar surface area (TPSA) is 0 Å². The Bertz CT molecular complexity index is 313. The van der Waals surface area contributed by atoms with Gasteiger partial charge in [-0.3, -0.25) is 0 Å². The summed E-state index contributed by atoms with van der Waals surface area (Å²) in [5, 5.41) is 0.188. The van der Waals surface area contributed by atoms with Crippen LogP contribution in [-0.2, 0) is 0 Å². The van der Waals surface area contributed by atoms with E-state index in [1.165, 1.54) is 43.2 Å². The summed E-state index contributed by atoms with van der Waals surface area (Å²) in [7, 11) is 0. The monoisotopic (exact) mass is 266 g/mol. The van der Waals surface area contributed by atoms with Gasteiger partial charge < -0.3 is 0 Å². The van der Waals surface area contributed by atoms with Gasteiger partial charge in [-0.2, -0.15) is 0 Å². The standard InChI is InChI=1S/C17H27Cl/c1-4-5-6-7-8-9-17(18)16-12-10-15(11-13-16)14(2)3/h10-14,17H,4-9H2,1-3H3. The van der Waals surface area contributed by atoms with E-state index < -0.39 is 0 Å². The molecule has 1 atom stereocenters. The summed E-state index contributed by atoms with van der Waals surface area (Å²) in [6.07, 6.45) is 7.69. The average molecular weight is 267 g/mol. The lowest BCUT2D eigenvalue weighted by Gasteiger charge is -2.11. The zero-order chi connectivity index (χ0) is 13.4. The van der Waals surface area contributed by atoms with Crippen molar-refractivity contribution in [1.82, 2.24) is 0 Å². The van der Waals surface area contributed by atoms with E-state index in [0.29, 0.717) is 5.92 Å². The van der Waals surface area contributed by atoms with Crippen LogP contribution in [0.2, 0.25) is 0 Å². The van der Waals surface area contributed by atoms with Gasteiger partial charge in [-0.1, -0.05) is 77.1 Å². The average Bonchev–Trinajstić information content (AvgIpc) is 2.38. The first-order chi connectivity index (χ1) is 8.65. The lowest BCUT2D eigenvalue weighted by Crippen LogP contribution is -1.93. The molecule has 0 saturated carbocycles. The van der Waals surface area contributed by atoms with Gasteiger partial charge in [0.25, 0.3) is 0 Å². The first kappa shape index (κ1) is 15.6. The molecule has 0 amide bonds. The van der Waals surface area contributed by atoms with E-state index >= 15 is 0 Å². The second-order valence-electron chi connectivity index (χ2n) is 5.49. The molecule has 18 heavy (non-hydrogen) atoms. The number of halogens is 1. The summed E-state index contributed by atoms with van der Waals surface area (Å²) in [5.41, 5.74) is 2.67. The van der Waals surface area contributed by atoms with Crippen LogP contribution < -0.4 is 0 Å². The van der Waals surface area contributed by atoms with Crippen LogP contribution in [0, 0.1) is 0 Å². The third-order valence-corrected chi connectivity index (χ3v) is 4.00. The molecule has 1 aromatic rings. The lowest BCUT2D eigenvalue weighted by molar-refractivity contribution is 0.601. The Morgan fingerprint density at radius 2 is 1.44 bits per heavy atom. The fraction of sp³-hybridized carbons (Fsp3) is 0.647. The smallest absolute Gasteiger partial charge is 0.0585 e. The van der Waals surface area contributed by atoms with Crippen molar-refractivity contribution in [3.8, 4) is 0 Å². The molecule has 0 bridgehead atoms. The number of hydrogen-bond donors (Lipinski definition) is 0. The molecule has 102 valence electrons. The van der Waals surface area contributed by atoms with Gasteiger partial charge in [-0.15, -0.1) is 11.6 Å². The number of unbranched alkanes of at least 4 members (excludes halogenated alkanes) is 4. The molecule has 0 aliphatic heterocycles. The minimum Gasteiger partial charge on any atom is -0.118 e. The molecular formula is C17H27Cl. The van der Waals surface area contributed by atoms with Gasteiger partial charge in [-0.05, 0) is 23.5 Å². The van der Waals surface area contributed by atoms with E-state index in [2.05, 4.69) is 45.0 Å². The highest BCUT2D eigenvalue weighted by molar-refractivity contribution is 6.20. The van der Waals surface area contributed by atoms with Crippen LogP contribution in [0.25, 0.3) is 0 Å². The van der Waals surface area contributed by atoms with Crippen molar-refractivity contribution in [1.29, 1.82) is 0 Å². The molecule has 0 saturated heterocycles. The Morgan fingerprint density at radius 1 is 0.889 bits per heavy atom. The van der Waals surface area contributed by atoms with Crippen LogP contribution in [0.5, 0.6) is 0 Å². The summed E-state index contributed by atoms with van der Waals surface area (Å²) in [6.45, 7) is 6.70. The molecule has 0 aliphatic carbocycles. The third-order valence-electron chi connectivity index (χ3n) is 3.53. The van der Waals surface area contributed by atoms with Crippen LogP contribution in [0.15, 0.2) is 24.3 Å². The largest absolute Gasteiger partial charge is 0.118 e. The second kappa shape index (κ2) is 8.58. The van der Waals surface area contributed by atoms with Crippen molar-refractivity contribution in [2.45, 2.75) is 70.6 Å². The summed E-state index contributed by atoms with van der Waals surface area (Å²) in [5.74, 6) is 0.599. The molecule has 0 aliphatic rings. The minimum absolute atomic E-state index is 0.188. The molecule has 0 nitrogen and oxygen atoms in total. The van der Waals surface area contributed by atoms with Gasteiger partial charge in [-0.25, -0.2) is 0 Å². The van der Waals surface area contributed by atoms with E-state index in [0.717, 1.165) is 6.42 Å². The maximum Gasteiger partial charge on any atom is 0.0585 e. The second-order valence-corrected chi connectivity index (χ2v) is 6.02. The highest BCUT2D eigenvalue weighted by Crippen LogP contribution is 2.28. The number of rotatable bonds is 8. The van der Waals surface area contributed by atoms with Gasteiger partial charge in [0.2, 0.25) is 0 Å². The lowest BCUT2D eigenvalue weighted by atomic mass is 9.99. The van der Waals surface area contributed by atoms with Crippen LogP contribution in [0.4, 0.5) is 0 Å². The van der Waals surface area contributed by atoms with E-state index in [9.17, 15) is 0 Å². The molecule has 1 rings (SSSR count). The van der Waals surface area contributed by atoms with Gasteiger partial charge in [0.05, 0.1) is 5.38 Å². The summed E-state index contributed by atoms with van der Waals surface area (Å²) >= 11 is 6.45. The Kier molecular flexibility index (Phi) is 7.42. The molecule has 0 N–H and O–H groups in total. The van der Waals surface area contributed by atoms with Crippen LogP contribution >= 0.6 is 11.6 Å². The molecule has 0 radical (unpaired) electrons. The first-order valence-electron chi connectivity index (χ1n) is 7.39. The highest BCUT2D eigenvalue weighted by atomic mass is 35.5. The Morgan fingerprint density at radius 3 is 2.00 bits per heavy atom. The predicted molar refractivity (Wildman–Crippen MR) is 82.5 cm³/mol. The van der Waals surface area contributed by atoms with Crippen molar-refractivity contribution in [3.63, 3.8) is 0 Å². The normalized spacial score (nSPS) is 12.9. The Labute approximate surface area is 118 Å². The highest BCUT2D eigenvalue weighted by Gasteiger charge is 2.08. The minimum atomic E-state index is 0.188. The van der Waals surface area contributed by atoms with E-state index in [1.54, 1.807) is 0 Å². The fourth-order valence-corrected chi connectivity index (χ4v) is 2.48. The van der Waals surface area contributed by atoms with Gasteiger partial charge in [0.1, 0.15) is 0 Å². The molecule has 1 heteroatoms. The van der Waals surface area contributed by atoms with Crippen molar-refractivity contribution in [2.24, 2.45) is 0 Å². The molecule has 0 heterocycles. The summed E-state index contributed by atoms with van der Waals surface area (Å²) in [4.78, 5) is 0. The van der Waals surface area contributed by atoms with Gasteiger partial charge >= 0.3 is 0 Å². The first-order valence-corrected chi connectivity index (χ1v) is 7.82. The zero-order valence-corrected chi connectivity index (χ0v) is 12.8. The molecule has 0 spiro atoms. The molecule has 0 aromatic heterocycles. The van der Waals surface area contributed by atoms with Crippen molar-refractivity contribution < 1.29 is 0 Å². The van der Waals surface area contributed by atoms with E-state index in [4.69, 9.17) is 11.6 Å². The quantitative estimate of drug-likeness (QED) is 0.375. The Balaban J connectivity index is 2.34. The van der Waals surface area contributed by atoms with Crippen molar-refractivity contribution in [3.05, 3.63) is 35.4 Å². The van der Waals surface area contributed by atoms with E-state index in [-0.39, 0.29) is 5.38 Å². The molecular weight excluding hydrogens is 240 g/mol. The van der Waals surface area contributed by atoms with Gasteiger partial charge in [0.15, 0.2) is 0 Å². The number of alkyl halides is 1. The molecule has 1 unspecified atom stereocenters. The van der Waals surface area contributed by atoms with E-state index in [1.807, 2.05) is 0 Å². The van der Waals surface area contributed by atoms with Crippen LogP contribution in [0.3, 0.4) is 0 Å². The SMILES string of the molecule is CCCCCCCC(Cl)c1ccc(C(C)C)cc1. The van der Waals surface area contributed by atoms with Crippen molar-refractivity contribution in [2.75, 3.05) is 0 Å². The number of benzene rings is 1.